The Morgan fingerprint density at radius 1 is 1.40 bits per heavy atom. The molecule has 4 heteroatoms. The number of carbonyl (C=O) groups excluding carboxylic acids is 1. The van der Waals surface area contributed by atoms with Crippen molar-refractivity contribution in [1.82, 2.24) is 10.2 Å². The average molecular weight is 214 g/mol. The van der Waals surface area contributed by atoms with Crippen molar-refractivity contribution in [2.75, 3.05) is 39.3 Å². The van der Waals surface area contributed by atoms with Crippen LogP contribution < -0.4 is 5.32 Å². The van der Waals surface area contributed by atoms with Gasteiger partial charge < -0.3 is 10.1 Å². The van der Waals surface area contributed by atoms with Gasteiger partial charge in [-0.3, -0.25) is 9.69 Å². The molecule has 0 aliphatic carbocycles. The van der Waals surface area contributed by atoms with Gasteiger partial charge >= 0.3 is 0 Å². The third kappa shape index (κ3) is 5.87. The van der Waals surface area contributed by atoms with Crippen molar-refractivity contribution >= 4 is 5.78 Å². The van der Waals surface area contributed by atoms with Crippen LogP contribution in [0.3, 0.4) is 0 Å². The first-order valence-electron chi connectivity index (χ1n) is 5.75. The van der Waals surface area contributed by atoms with E-state index in [0.29, 0.717) is 6.54 Å². The van der Waals surface area contributed by atoms with Gasteiger partial charge in [-0.25, -0.2) is 0 Å². The van der Waals surface area contributed by atoms with Crippen molar-refractivity contribution in [2.24, 2.45) is 0 Å². The van der Waals surface area contributed by atoms with Gasteiger partial charge in [0.15, 0.2) is 5.78 Å². The van der Waals surface area contributed by atoms with E-state index < -0.39 is 0 Å². The van der Waals surface area contributed by atoms with Gasteiger partial charge in [-0.05, 0) is 33.4 Å². The minimum absolute atomic E-state index is 0.139. The van der Waals surface area contributed by atoms with Crippen molar-refractivity contribution in [3.63, 3.8) is 0 Å². The topological polar surface area (TPSA) is 41.6 Å². The van der Waals surface area contributed by atoms with E-state index in [1.165, 1.54) is 0 Å². The summed E-state index contributed by atoms with van der Waals surface area (Å²) >= 11 is 0. The van der Waals surface area contributed by atoms with Crippen LogP contribution in [0.1, 0.15) is 20.3 Å². The molecule has 1 heterocycles. The molecule has 4 nitrogen and oxygen atoms in total. The smallest absolute Gasteiger partial charge is 0.172 e. The first-order chi connectivity index (χ1) is 7.18. The highest BCUT2D eigenvalue weighted by Gasteiger charge is 2.12. The summed E-state index contributed by atoms with van der Waals surface area (Å²) in [5.74, 6) is 0.186. The molecule has 1 fully saturated rings. The number of hydrogen-bond donors (Lipinski definition) is 1. The predicted octanol–water partition coefficient (Wildman–Crippen LogP) is 0.276. The van der Waals surface area contributed by atoms with E-state index in [9.17, 15) is 4.79 Å². The number of nitrogens with zero attached hydrogens (tertiary/aromatic N) is 1. The highest BCUT2D eigenvalue weighted by molar-refractivity contribution is 5.81. The summed E-state index contributed by atoms with van der Waals surface area (Å²) in [6.45, 7) is 8.71. The van der Waals surface area contributed by atoms with Crippen LogP contribution in [-0.2, 0) is 9.53 Å². The molecule has 0 saturated carbocycles. The van der Waals surface area contributed by atoms with Gasteiger partial charge in [-0.2, -0.15) is 0 Å². The quantitative estimate of drug-likeness (QED) is 0.713. The molecular formula is C11H22N2O2. The predicted molar refractivity (Wildman–Crippen MR) is 60.0 cm³/mol. The number of Topliss-reactive ketones (excluding diaryl/α,β-unsaturated/α-hetero) is 1. The molecule has 1 saturated heterocycles. The van der Waals surface area contributed by atoms with E-state index in [1.54, 1.807) is 0 Å². The molecule has 88 valence electrons. The Labute approximate surface area is 92.0 Å². The van der Waals surface area contributed by atoms with Gasteiger partial charge in [0.25, 0.3) is 0 Å². The molecule has 0 aromatic heterocycles. The van der Waals surface area contributed by atoms with E-state index in [-0.39, 0.29) is 18.5 Å². The number of nitrogens with one attached hydrogen (secondary N) is 1. The second-order valence-corrected chi connectivity index (χ2v) is 4.28. The van der Waals surface area contributed by atoms with Crippen LogP contribution in [-0.4, -0.2) is 56.1 Å². The molecule has 0 aromatic rings. The zero-order valence-electron chi connectivity index (χ0n) is 9.79. The second-order valence-electron chi connectivity index (χ2n) is 4.28. The fraction of sp³-hybridized carbons (Fsp3) is 0.909. The Morgan fingerprint density at radius 2 is 2.20 bits per heavy atom. The second kappa shape index (κ2) is 6.93. The highest BCUT2D eigenvalue weighted by atomic mass is 16.5. The van der Waals surface area contributed by atoms with E-state index >= 15 is 0 Å². The summed E-state index contributed by atoms with van der Waals surface area (Å²) in [4.78, 5) is 13.7. The lowest BCUT2D eigenvalue weighted by molar-refractivity contribution is -0.126. The van der Waals surface area contributed by atoms with Gasteiger partial charge in [-0.15, -0.1) is 0 Å². The third-order valence-corrected chi connectivity index (χ3v) is 2.41. The van der Waals surface area contributed by atoms with E-state index in [2.05, 4.69) is 10.2 Å². The molecular weight excluding hydrogens is 192 g/mol. The summed E-state index contributed by atoms with van der Waals surface area (Å²) in [5, 5.41) is 3.32. The number of ether oxygens (including phenoxy) is 1. The van der Waals surface area contributed by atoms with Crippen LogP contribution in [0, 0.1) is 0 Å². The molecule has 1 rings (SSSR count). The van der Waals surface area contributed by atoms with E-state index in [0.717, 1.165) is 32.6 Å². The first-order valence-corrected chi connectivity index (χ1v) is 5.75. The molecule has 0 unspecified atom stereocenters. The van der Waals surface area contributed by atoms with Gasteiger partial charge in [0.05, 0.1) is 12.6 Å². The Balaban J connectivity index is 2.17. The Morgan fingerprint density at radius 3 is 2.93 bits per heavy atom. The fourth-order valence-electron chi connectivity index (χ4n) is 1.61. The number of carbonyl (C=O) groups is 1. The lowest BCUT2D eigenvalue weighted by Crippen LogP contribution is -2.34. The first kappa shape index (κ1) is 12.6. The Hall–Kier alpha value is -0.450. The summed E-state index contributed by atoms with van der Waals surface area (Å²) in [6.07, 6.45) is 1.26. The largest absolute Gasteiger partial charge is 0.371 e. The third-order valence-electron chi connectivity index (χ3n) is 2.41. The molecule has 15 heavy (non-hydrogen) atoms. The minimum atomic E-state index is 0.139. The number of hydrogen-bond acceptors (Lipinski definition) is 4. The Kier molecular flexibility index (Phi) is 5.83. The van der Waals surface area contributed by atoms with Crippen LogP contribution in [0.15, 0.2) is 0 Å². The minimum Gasteiger partial charge on any atom is -0.371 e. The average Bonchev–Trinajstić information content (AvgIpc) is 2.43. The lowest BCUT2D eigenvalue weighted by Gasteiger charge is -2.18. The summed E-state index contributed by atoms with van der Waals surface area (Å²) in [5.41, 5.74) is 0. The maximum atomic E-state index is 11.5. The fourth-order valence-corrected chi connectivity index (χ4v) is 1.61. The molecule has 0 bridgehead atoms. The van der Waals surface area contributed by atoms with Crippen molar-refractivity contribution in [3.05, 3.63) is 0 Å². The standard InChI is InChI=1S/C11H22N2O2/c1-10(2)15-9-11(14)8-13-6-3-4-12-5-7-13/h10,12H,3-9H2,1-2H3. The van der Waals surface area contributed by atoms with Crippen molar-refractivity contribution in [2.45, 2.75) is 26.4 Å². The van der Waals surface area contributed by atoms with Gasteiger partial charge in [0, 0.05) is 13.1 Å². The summed E-state index contributed by atoms with van der Waals surface area (Å²) in [7, 11) is 0. The Bertz CT molecular complexity index is 187. The molecule has 1 aliphatic heterocycles. The molecule has 1 N–H and O–H groups in total. The van der Waals surface area contributed by atoms with Crippen LogP contribution >= 0.6 is 0 Å². The number of rotatable bonds is 5. The molecule has 1 aliphatic rings. The molecule has 0 spiro atoms. The molecule has 0 atom stereocenters. The maximum Gasteiger partial charge on any atom is 0.172 e. The molecule has 0 amide bonds. The summed E-state index contributed by atoms with van der Waals surface area (Å²) in [6, 6.07) is 0. The van der Waals surface area contributed by atoms with Crippen molar-refractivity contribution < 1.29 is 9.53 Å². The number of ketones is 1. The normalized spacial score (nSPS) is 19.1. The lowest BCUT2D eigenvalue weighted by atomic mass is 10.3. The van der Waals surface area contributed by atoms with Crippen LogP contribution in [0.4, 0.5) is 0 Å². The molecule has 0 aromatic carbocycles. The van der Waals surface area contributed by atoms with Crippen LogP contribution in [0.5, 0.6) is 0 Å². The van der Waals surface area contributed by atoms with Crippen LogP contribution in [0.25, 0.3) is 0 Å². The van der Waals surface area contributed by atoms with Crippen LogP contribution in [0.2, 0.25) is 0 Å². The SMILES string of the molecule is CC(C)OCC(=O)CN1CCCNCC1. The van der Waals surface area contributed by atoms with E-state index in [1.807, 2.05) is 13.8 Å². The zero-order chi connectivity index (χ0) is 11.1. The maximum absolute atomic E-state index is 11.5. The van der Waals surface area contributed by atoms with Crippen molar-refractivity contribution in [1.29, 1.82) is 0 Å². The van der Waals surface area contributed by atoms with Gasteiger partial charge in [0.2, 0.25) is 0 Å². The zero-order valence-corrected chi connectivity index (χ0v) is 9.79. The van der Waals surface area contributed by atoms with E-state index in [4.69, 9.17) is 4.74 Å². The molecule has 0 radical (unpaired) electrons. The van der Waals surface area contributed by atoms with Gasteiger partial charge in [0.1, 0.15) is 6.61 Å². The summed E-state index contributed by atoms with van der Waals surface area (Å²) < 4.78 is 5.28. The monoisotopic (exact) mass is 214 g/mol. The highest BCUT2D eigenvalue weighted by Crippen LogP contribution is 1.96. The van der Waals surface area contributed by atoms with Gasteiger partial charge in [-0.1, -0.05) is 0 Å². The van der Waals surface area contributed by atoms with Crippen molar-refractivity contribution in [3.8, 4) is 0 Å².